The van der Waals surface area contributed by atoms with Crippen molar-refractivity contribution in [2.45, 2.75) is 52.5 Å². The Labute approximate surface area is 105 Å². The average Bonchev–Trinajstić information content (AvgIpc) is 2.24. The van der Waals surface area contributed by atoms with Crippen LogP contribution in [0.1, 0.15) is 45.1 Å². The Morgan fingerprint density at radius 3 is 2.71 bits per heavy atom. The van der Waals surface area contributed by atoms with Gasteiger partial charge in [-0.25, -0.2) is 0 Å². The standard InChI is InChI=1S/C15H24N2/c1-11-10-12(16)7-8-13(11)17-14-6-4-5-9-15(14,2)3/h7-8,10,14,17H,4-6,9,16H2,1-3H3. The van der Waals surface area contributed by atoms with E-state index in [2.05, 4.69) is 32.2 Å². The molecule has 2 nitrogen and oxygen atoms in total. The average molecular weight is 232 g/mol. The van der Waals surface area contributed by atoms with E-state index in [1.165, 1.54) is 36.9 Å². The molecule has 94 valence electrons. The lowest BCUT2D eigenvalue weighted by Gasteiger charge is -2.40. The lowest BCUT2D eigenvalue weighted by atomic mass is 9.73. The van der Waals surface area contributed by atoms with Crippen LogP contribution in [0.3, 0.4) is 0 Å². The van der Waals surface area contributed by atoms with E-state index in [1.54, 1.807) is 0 Å². The summed E-state index contributed by atoms with van der Waals surface area (Å²) in [6.07, 6.45) is 5.30. The van der Waals surface area contributed by atoms with E-state index in [4.69, 9.17) is 5.73 Å². The maximum atomic E-state index is 5.79. The van der Waals surface area contributed by atoms with Crippen LogP contribution in [-0.2, 0) is 0 Å². The molecule has 1 unspecified atom stereocenters. The van der Waals surface area contributed by atoms with Gasteiger partial charge in [-0.05, 0) is 48.9 Å². The fourth-order valence-corrected chi connectivity index (χ4v) is 2.80. The van der Waals surface area contributed by atoms with Crippen LogP contribution >= 0.6 is 0 Å². The van der Waals surface area contributed by atoms with Crippen molar-refractivity contribution in [3.05, 3.63) is 23.8 Å². The highest BCUT2D eigenvalue weighted by atomic mass is 14.9. The first-order chi connectivity index (χ1) is 7.99. The first-order valence-corrected chi connectivity index (χ1v) is 6.62. The van der Waals surface area contributed by atoms with Crippen LogP contribution in [0, 0.1) is 12.3 Å². The molecule has 0 radical (unpaired) electrons. The lowest BCUT2D eigenvalue weighted by molar-refractivity contribution is 0.217. The molecule has 0 aromatic heterocycles. The van der Waals surface area contributed by atoms with Gasteiger partial charge in [0.1, 0.15) is 0 Å². The molecule has 1 aromatic carbocycles. The molecule has 1 saturated carbocycles. The van der Waals surface area contributed by atoms with E-state index in [1.807, 2.05) is 12.1 Å². The number of hydrogen-bond donors (Lipinski definition) is 2. The molecule has 0 amide bonds. The SMILES string of the molecule is Cc1cc(N)ccc1NC1CCCCC1(C)C. The normalized spacial score (nSPS) is 23.4. The van der Waals surface area contributed by atoms with Gasteiger partial charge in [-0.15, -0.1) is 0 Å². The third kappa shape index (κ3) is 2.74. The van der Waals surface area contributed by atoms with Gasteiger partial charge in [0.25, 0.3) is 0 Å². The molecule has 17 heavy (non-hydrogen) atoms. The Hall–Kier alpha value is -1.18. The van der Waals surface area contributed by atoms with Crippen molar-refractivity contribution in [1.29, 1.82) is 0 Å². The molecular formula is C15H24N2. The summed E-state index contributed by atoms with van der Waals surface area (Å²) in [4.78, 5) is 0. The van der Waals surface area contributed by atoms with Crippen molar-refractivity contribution in [3.8, 4) is 0 Å². The van der Waals surface area contributed by atoms with E-state index < -0.39 is 0 Å². The highest BCUT2D eigenvalue weighted by Gasteiger charge is 2.32. The van der Waals surface area contributed by atoms with Crippen LogP contribution in [0.4, 0.5) is 11.4 Å². The van der Waals surface area contributed by atoms with Crippen molar-refractivity contribution in [2.75, 3.05) is 11.1 Å². The number of hydrogen-bond acceptors (Lipinski definition) is 2. The van der Waals surface area contributed by atoms with Crippen molar-refractivity contribution >= 4 is 11.4 Å². The fraction of sp³-hybridized carbons (Fsp3) is 0.600. The van der Waals surface area contributed by atoms with Gasteiger partial charge in [0.05, 0.1) is 0 Å². The zero-order valence-corrected chi connectivity index (χ0v) is 11.2. The molecule has 1 aliphatic rings. The molecule has 1 aromatic rings. The van der Waals surface area contributed by atoms with E-state index in [-0.39, 0.29) is 0 Å². The van der Waals surface area contributed by atoms with Gasteiger partial charge in [-0.2, -0.15) is 0 Å². The Morgan fingerprint density at radius 1 is 1.29 bits per heavy atom. The predicted molar refractivity (Wildman–Crippen MR) is 75.3 cm³/mol. The first-order valence-electron chi connectivity index (χ1n) is 6.62. The van der Waals surface area contributed by atoms with Crippen molar-refractivity contribution in [3.63, 3.8) is 0 Å². The second-order valence-corrected chi connectivity index (χ2v) is 6.01. The van der Waals surface area contributed by atoms with Crippen molar-refractivity contribution < 1.29 is 0 Å². The highest BCUT2D eigenvalue weighted by Crippen LogP contribution is 2.37. The summed E-state index contributed by atoms with van der Waals surface area (Å²) in [5, 5.41) is 3.71. The second-order valence-electron chi connectivity index (χ2n) is 6.01. The Bertz CT molecular complexity index is 396. The minimum absolute atomic E-state index is 0.395. The van der Waals surface area contributed by atoms with Crippen LogP contribution in [0.2, 0.25) is 0 Å². The molecule has 2 heteroatoms. The molecule has 3 N–H and O–H groups in total. The molecular weight excluding hydrogens is 208 g/mol. The first kappa shape index (κ1) is 12.3. The number of nitrogens with two attached hydrogens (primary N) is 1. The van der Waals surface area contributed by atoms with Crippen LogP contribution in [0.15, 0.2) is 18.2 Å². The molecule has 1 fully saturated rings. The number of aryl methyl sites for hydroxylation is 1. The fourth-order valence-electron chi connectivity index (χ4n) is 2.80. The number of nitrogens with one attached hydrogen (secondary N) is 1. The number of rotatable bonds is 2. The topological polar surface area (TPSA) is 38.0 Å². The summed E-state index contributed by atoms with van der Waals surface area (Å²) >= 11 is 0. The number of benzene rings is 1. The van der Waals surface area contributed by atoms with Crippen LogP contribution in [0.25, 0.3) is 0 Å². The third-order valence-corrected chi connectivity index (χ3v) is 4.09. The quantitative estimate of drug-likeness (QED) is 0.757. The maximum absolute atomic E-state index is 5.79. The molecule has 0 aliphatic heterocycles. The van der Waals surface area contributed by atoms with Gasteiger partial charge in [-0.1, -0.05) is 26.7 Å². The number of nitrogen functional groups attached to an aromatic ring is 1. The van der Waals surface area contributed by atoms with Gasteiger partial charge in [-0.3, -0.25) is 0 Å². The molecule has 1 aliphatic carbocycles. The summed E-state index contributed by atoms with van der Waals surface area (Å²) < 4.78 is 0. The monoisotopic (exact) mass is 232 g/mol. The minimum Gasteiger partial charge on any atom is -0.399 e. The zero-order valence-electron chi connectivity index (χ0n) is 11.2. The number of anilines is 2. The highest BCUT2D eigenvalue weighted by molar-refractivity contribution is 5.58. The van der Waals surface area contributed by atoms with Crippen molar-refractivity contribution in [2.24, 2.45) is 5.41 Å². The molecule has 0 heterocycles. The molecule has 2 rings (SSSR count). The van der Waals surface area contributed by atoms with E-state index in [0.29, 0.717) is 11.5 Å². The van der Waals surface area contributed by atoms with Crippen LogP contribution in [-0.4, -0.2) is 6.04 Å². The van der Waals surface area contributed by atoms with Gasteiger partial charge in [0.2, 0.25) is 0 Å². The molecule has 0 bridgehead atoms. The summed E-state index contributed by atoms with van der Waals surface area (Å²) in [6, 6.07) is 6.71. The van der Waals surface area contributed by atoms with Crippen LogP contribution in [0.5, 0.6) is 0 Å². The predicted octanol–water partition coefficient (Wildman–Crippen LogP) is 3.96. The summed E-state index contributed by atoms with van der Waals surface area (Å²) in [7, 11) is 0. The van der Waals surface area contributed by atoms with Gasteiger partial charge in [0.15, 0.2) is 0 Å². The Kier molecular flexibility index (Phi) is 3.32. The van der Waals surface area contributed by atoms with Crippen molar-refractivity contribution in [1.82, 2.24) is 0 Å². The smallest absolute Gasteiger partial charge is 0.0373 e. The van der Waals surface area contributed by atoms with Gasteiger partial charge < -0.3 is 11.1 Å². The summed E-state index contributed by atoms with van der Waals surface area (Å²) in [5.41, 5.74) is 9.50. The minimum atomic E-state index is 0.395. The Morgan fingerprint density at radius 2 is 2.06 bits per heavy atom. The zero-order chi connectivity index (χ0) is 12.5. The van der Waals surface area contributed by atoms with Gasteiger partial charge in [0, 0.05) is 17.4 Å². The molecule has 1 atom stereocenters. The maximum Gasteiger partial charge on any atom is 0.0373 e. The Balaban J connectivity index is 2.14. The molecule has 0 saturated heterocycles. The lowest BCUT2D eigenvalue weighted by Crippen LogP contribution is -2.39. The van der Waals surface area contributed by atoms with Crippen LogP contribution < -0.4 is 11.1 Å². The largest absolute Gasteiger partial charge is 0.399 e. The van der Waals surface area contributed by atoms with E-state index in [9.17, 15) is 0 Å². The van der Waals surface area contributed by atoms with E-state index >= 15 is 0 Å². The van der Waals surface area contributed by atoms with E-state index in [0.717, 1.165) is 5.69 Å². The second kappa shape index (κ2) is 4.59. The van der Waals surface area contributed by atoms with Gasteiger partial charge >= 0.3 is 0 Å². The summed E-state index contributed by atoms with van der Waals surface area (Å²) in [5.74, 6) is 0. The molecule has 0 spiro atoms. The third-order valence-electron chi connectivity index (χ3n) is 4.09. The summed E-state index contributed by atoms with van der Waals surface area (Å²) in [6.45, 7) is 6.86.